The van der Waals surface area contributed by atoms with E-state index in [1.165, 1.54) is 17.9 Å². The lowest BCUT2D eigenvalue weighted by Crippen LogP contribution is -2.42. The largest absolute Gasteiger partial charge is 0.389 e. The molecule has 2 heterocycles. The van der Waals surface area contributed by atoms with Crippen LogP contribution < -0.4 is 11.2 Å². The lowest BCUT2D eigenvalue weighted by molar-refractivity contribution is -0.0775. The minimum Gasteiger partial charge on any atom is -0.382 e. The fourth-order valence-electron chi connectivity index (χ4n) is 4.49. The topological polar surface area (TPSA) is 211 Å². The van der Waals surface area contributed by atoms with Gasteiger partial charge in [0, 0.05) is 36.7 Å². The molecule has 1 saturated heterocycles. The van der Waals surface area contributed by atoms with E-state index in [0.717, 1.165) is 11.4 Å². The van der Waals surface area contributed by atoms with Gasteiger partial charge in [-0.25, -0.2) is 14.0 Å². The smallest absolute Gasteiger partial charge is 0.382 e. The van der Waals surface area contributed by atoms with E-state index < -0.39 is 51.1 Å². The molecule has 1 aromatic rings. The molecule has 16 nitrogen and oxygen atoms in total. The van der Waals surface area contributed by atoms with Crippen LogP contribution >= 0.6 is 26.7 Å². The van der Waals surface area contributed by atoms with Crippen molar-refractivity contribution in [3.05, 3.63) is 32.6 Å². The van der Waals surface area contributed by atoms with Gasteiger partial charge in [0.1, 0.15) is 12.2 Å². The van der Waals surface area contributed by atoms with Crippen LogP contribution in [-0.4, -0.2) is 90.5 Å². The van der Waals surface area contributed by atoms with Crippen molar-refractivity contribution >= 4 is 26.7 Å². The van der Waals surface area contributed by atoms with Gasteiger partial charge in [0.15, 0.2) is 6.23 Å². The first kappa shape index (κ1) is 41.0. The number of nitriles is 3. The van der Waals surface area contributed by atoms with E-state index in [0.29, 0.717) is 0 Å². The second-order valence-corrected chi connectivity index (χ2v) is 16.2. The molecule has 2 rings (SSSR count). The van der Waals surface area contributed by atoms with Gasteiger partial charge >= 0.3 is 12.5 Å². The van der Waals surface area contributed by atoms with Crippen molar-refractivity contribution in [2.45, 2.75) is 90.5 Å². The van der Waals surface area contributed by atoms with E-state index in [2.05, 4.69) is 11.1 Å². The Morgan fingerprint density at radius 3 is 2.15 bits per heavy atom. The molecule has 1 fully saturated rings. The molecule has 47 heavy (non-hydrogen) atoms. The Balaban J connectivity index is 2.61. The Morgan fingerprint density at radius 2 is 1.60 bits per heavy atom. The van der Waals surface area contributed by atoms with E-state index in [4.69, 9.17) is 42.8 Å². The van der Waals surface area contributed by atoms with Gasteiger partial charge in [-0.3, -0.25) is 23.4 Å². The van der Waals surface area contributed by atoms with Gasteiger partial charge in [-0.15, -0.1) is 0 Å². The molecule has 1 aromatic heterocycles. The molecule has 0 radical (unpaired) electrons. The molecule has 0 bridgehead atoms. The monoisotopic (exact) mass is 718 g/mol. The molecule has 19 heteroatoms. The minimum absolute atomic E-state index is 0.0334. The van der Waals surface area contributed by atoms with Crippen molar-refractivity contribution in [2.24, 2.45) is 0 Å². The summed E-state index contributed by atoms with van der Waals surface area (Å²) in [4.78, 5) is 27.6. The molecule has 0 aliphatic carbocycles. The van der Waals surface area contributed by atoms with Crippen LogP contribution in [0.4, 0.5) is 0 Å². The predicted molar refractivity (Wildman–Crippen MR) is 174 cm³/mol. The number of hydrogen-bond acceptors (Lipinski definition) is 15. The number of ether oxygens (including phenoxy) is 3. The van der Waals surface area contributed by atoms with Gasteiger partial charge in [-0.1, -0.05) is 0 Å². The number of methoxy groups -OCH3 is 1. The highest BCUT2D eigenvalue weighted by atomic mass is 32.7. The summed E-state index contributed by atoms with van der Waals surface area (Å²) >= 11 is 0.804. The minimum atomic E-state index is -3.90. The highest BCUT2D eigenvalue weighted by Crippen LogP contribution is 2.62. The molecule has 1 aliphatic rings. The molecule has 0 amide bonds. The molecule has 1 N–H and O–H groups in total. The number of aromatic nitrogens is 2. The van der Waals surface area contributed by atoms with Gasteiger partial charge < -0.3 is 23.3 Å². The van der Waals surface area contributed by atoms with Crippen LogP contribution in [0.3, 0.4) is 0 Å². The van der Waals surface area contributed by atoms with Gasteiger partial charge in [-0.05, 0) is 46.0 Å². The van der Waals surface area contributed by atoms with E-state index >= 15 is 0 Å². The summed E-state index contributed by atoms with van der Waals surface area (Å²) in [6.45, 7) is 5.66. The van der Waals surface area contributed by atoms with Crippen LogP contribution in [0.5, 0.6) is 0 Å². The van der Waals surface area contributed by atoms with Crippen molar-refractivity contribution in [1.29, 1.82) is 15.8 Å². The molecule has 5 atom stereocenters. The Morgan fingerprint density at radius 1 is 1.00 bits per heavy atom. The fourth-order valence-corrected chi connectivity index (χ4v) is 9.60. The summed E-state index contributed by atoms with van der Waals surface area (Å²) in [7, 11) is -0.323. The van der Waals surface area contributed by atoms with Crippen molar-refractivity contribution in [1.82, 2.24) is 14.2 Å². The lowest BCUT2D eigenvalue weighted by atomic mass is 10.1. The van der Waals surface area contributed by atoms with Crippen LogP contribution in [0.1, 0.15) is 58.7 Å². The maximum Gasteiger partial charge on any atom is 0.389 e. The Bertz CT molecular complexity index is 1380. The Hall–Kier alpha value is -2.16. The number of aromatic amines is 1. The SMILES string of the molecule is COCCO[C@@H]1[C@H](OP(OCCC#N)N(C(C)C)C(C)C)[C@@H](CSP(=O)(OCCC#N)OCCC#N)O[C@H]1n1cc(C)c(=O)[nH]c1=O. The average Bonchev–Trinajstić information content (AvgIpc) is 3.34. The molecule has 0 aromatic carbocycles. The van der Waals surface area contributed by atoms with Gasteiger partial charge in [0.2, 0.25) is 0 Å². The van der Waals surface area contributed by atoms with Gasteiger partial charge in [0.05, 0.1) is 76.6 Å². The van der Waals surface area contributed by atoms with Crippen molar-refractivity contribution in [3.8, 4) is 18.2 Å². The first-order valence-corrected chi connectivity index (χ1v) is 19.3. The third-order valence-corrected chi connectivity index (χ3v) is 12.4. The highest BCUT2D eigenvalue weighted by molar-refractivity contribution is 8.55. The predicted octanol–water partition coefficient (Wildman–Crippen LogP) is 4.14. The normalized spacial score (nSPS) is 20.4. The van der Waals surface area contributed by atoms with Crippen LogP contribution in [0.25, 0.3) is 0 Å². The van der Waals surface area contributed by atoms with E-state index in [1.807, 2.05) is 44.5 Å². The summed E-state index contributed by atoms with van der Waals surface area (Å²) in [5, 5.41) is 27.1. The van der Waals surface area contributed by atoms with E-state index in [9.17, 15) is 19.4 Å². The third kappa shape index (κ3) is 12.7. The summed E-state index contributed by atoms with van der Waals surface area (Å²) in [5.74, 6) is -0.0521. The first-order chi connectivity index (χ1) is 22.4. The van der Waals surface area contributed by atoms with Crippen LogP contribution in [0, 0.1) is 40.9 Å². The number of nitrogens with one attached hydrogen (secondary N) is 1. The number of hydrogen-bond donors (Lipinski definition) is 1. The first-order valence-electron chi connectivity index (χ1n) is 15.0. The van der Waals surface area contributed by atoms with Crippen molar-refractivity contribution < 1.29 is 36.9 Å². The van der Waals surface area contributed by atoms with E-state index in [-0.39, 0.29) is 75.7 Å². The molecule has 0 saturated carbocycles. The Labute approximate surface area is 280 Å². The van der Waals surface area contributed by atoms with E-state index in [1.54, 1.807) is 6.92 Å². The highest BCUT2D eigenvalue weighted by Gasteiger charge is 2.51. The van der Waals surface area contributed by atoms with Gasteiger partial charge in [-0.2, -0.15) is 15.8 Å². The Kier molecular flexibility index (Phi) is 18.4. The van der Waals surface area contributed by atoms with Crippen molar-refractivity contribution in [2.75, 3.05) is 45.9 Å². The van der Waals surface area contributed by atoms with Crippen LogP contribution in [0.2, 0.25) is 0 Å². The van der Waals surface area contributed by atoms with Crippen LogP contribution in [-0.2, 0) is 36.9 Å². The lowest BCUT2D eigenvalue weighted by Gasteiger charge is -2.38. The summed E-state index contributed by atoms with van der Waals surface area (Å²) in [5.41, 5.74) is -1.03. The fraction of sp³-hybridized carbons (Fsp3) is 0.750. The average molecular weight is 719 g/mol. The summed E-state index contributed by atoms with van der Waals surface area (Å²) < 4.78 is 58.6. The maximum atomic E-state index is 13.7. The second-order valence-electron chi connectivity index (χ2n) is 10.7. The number of rotatable bonds is 22. The van der Waals surface area contributed by atoms with Gasteiger partial charge in [0.25, 0.3) is 14.1 Å². The molecule has 1 unspecified atom stereocenters. The number of H-pyrrole nitrogens is 1. The molecule has 1 aliphatic heterocycles. The van der Waals surface area contributed by atoms with Crippen molar-refractivity contribution in [3.63, 3.8) is 0 Å². The molecular formula is C28H44N6O10P2S. The zero-order valence-electron chi connectivity index (χ0n) is 27.5. The summed E-state index contributed by atoms with van der Waals surface area (Å²) in [6, 6.07) is 5.84. The van der Waals surface area contributed by atoms with Crippen LogP contribution in [0.15, 0.2) is 15.8 Å². The third-order valence-electron chi connectivity index (χ3n) is 6.50. The second kappa shape index (κ2) is 21.0. The molecule has 262 valence electrons. The molecular weight excluding hydrogens is 674 g/mol. The number of nitrogens with zero attached hydrogens (tertiary/aromatic N) is 5. The zero-order chi connectivity index (χ0) is 35.0. The summed E-state index contributed by atoms with van der Waals surface area (Å²) in [6.07, 6.45) is -2.49. The zero-order valence-corrected chi connectivity index (χ0v) is 30.1. The molecule has 0 spiro atoms. The standard InChI is InChI=1S/C28H44N6O10P2S/c1-20(2)34(21(3)4)45(40-13-7-10-29)44-24-23(19-47-46(37,41-14-8-11-30)42-15-9-12-31)43-27(25(24)39-17-16-38-6)33-18-22(5)26(35)32-28(33)36/h18,20-21,23-25,27H,7-9,13-17,19H2,1-6H3,(H,32,35,36)/t23-,24-,25-,27-,45?/m1/s1. The maximum absolute atomic E-state index is 13.7. The number of aryl methyl sites for hydroxylation is 1. The quantitative estimate of drug-likeness (QED) is 0.132.